The van der Waals surface area contributed by atoms with Crippen LogP contribution in [0.4, 0.5) is 4.79 Å². The van der Waals surface area contributed by atoms with Gasteiger partial charge < -0.3 is 14.8 Å². The first-order valence-electron chi connectivity index (χ1n) is 7.44. The number of rotatable bonds is 7. The Morgan fingerprint density at radius 2 is 2.00 bits per heavy atom. The minimum absolute atomic E-state index is 0.0596. The van der Waals surface area contributed by atoms with E-state index in [1.807, 2.05) is 13.8 Å². The highest BCUT2D eigenvalue weighted by Gasteiger charge is 2.14. The van der Waals surface area contributed by atoms with Gasteiger partial charge in [0.2, 0.25) is 0 Å². The SMILES string of the molecule is CC[C@H](C)NC(=O)NC(=O)COC(=O)Cc1cc(Cl)ccc1OC. The molecule has 2 N–H and O–H groups in total. The van der Waals surface area contributed by atoms with Crippen LogP contribution in [-0.4, -0.2) is 37.7 Å². The van der Waals surface area contributed by atoms with Gasteiger partial charge in [0.15, 0.2) is 6.61 Å². The van der Waals surface area contributed by atoms with Crippen molar-refractivity contribution in [2.45, 2.75) is 32.7 Å². The predicted molar refractivity (Wildman–Crippen MR) is 89.1 cm³/mol. The van der Waals surface area contributed by atoms with Crippen LogP contribution in [0.2, 0.25) is 5.02 Å². The molecule has 1 aromatic rings. The molecule has 0 aliphatic heterocycles. The summed E-state index contributed by atoms with van der Waals surface area (Å²) in [6, 6.07) is 4.18. The number of methoxy groups -OCH3 is 1. The van der Waals surface area contributed by atoms with Crippen LogP contribution in [0.25, 0.3) is 0 Å². The smallest absolute Gasteiger partial charge is 0.321 e. The van der Waals surface area contributed by atoms with Crippen molar-refractivity contribution in [3.05, 3.63) is 28.8 Å². The molecule has 0 aromatic heterocycles. The number of imide groups is 1. The van der Waals surface area contributed by atoms with E-state index in [1.165, 1.54) is 7.11 Å². The van der Waals surface area contributed by atoms with E-state index in [1.54, 1.807) is 18.2 Å². The molecule has 0 radical (unpaired) electrons. The zero-order valence-corrected chi connectivity index (χ0v) is 14.6. The van der Waals surface area contributed by atoms with Crippen LogP contribution in [0.1, 0.15) is 25.8 Å². The molecule has 0 unspecified atom stereocenters. The third-order valence-electron chi connectivity index (χ3n) is 3.18. The molecule has 24 heavy (non-hydrogen) atoms. The van der Waals surface area contributed by atoms with Crippen molar-refractivity contribution >= 4 is 29.5 Å². The summed E-state index contributed by atoms with van der Waals surface area (Å²) in [7, 11) is 1.47. The second-order valence-electron chi connectivity index (χ2n) is 5.12. The summed E-state index contributed by atoms with van der Waals surface area (Å²) in [5.41, 5.74) is 0.546. The van der Waals surface area contributed by atoms with Gasteiger partial charge in [0.05, 0.1) is 13.5 Å². The van der Waals surface area contributed by atoms with Gasteiger partial charge >= 0.3 is 12.0 Å². The van der Waals surface area contributed by atoms with Crippen molar-refractivity contribution in [2.24, 2.45) is 0 Å². The quantitative estimate of drug-likeness (QED) is 0.729. The number of hydrogen-bond acceptors (Lipinski definition) is 5. The van der Waals surface area contributed by atoms with Crippen LogP contribution in [0, 0.1) is 0 Å². The molecule has 0 heterocycles. The Morgan fingerprint density at radius 1 is 1.29 bits per heavy atom. The van der Waals surface area contributed by atoms with Gasteiger partial charge in [-0.15, -0.1) is 0 Å². The maximum atomic E-state index is 11.8. The largest absolute Gasteiger partial charge is 0.496 e. The molecule has 132 valence electrons. The van der Waals surface area contributed by atoms with E-state index >= 15 is 0 Å². The molecule has 1 rings (SSSR count). The molecule has 0 saturated carbocycles. The van der Waals surface area contributed by atoms with E-state index in [4.69, 9.17) is 21.1 Å². The van der Waals surface area contributed by atoms with Gasteiger partial charge in [-0.2, -0.15) is 0 Å². The summed E-state index contributed by atoms with van der Waals surface area (Å²) in [6.07, 6.45) is 0.633. The van der Waals surface area contributed by atoms with Crippen molar-refractivity contribution in [1.82, 2.24) is 10.6 Å². The molecular weight excluding hydrogens is 336 g/mol. The van der Waals surface area contributed by atoms with Crippen LogP contribution in [0.3, 0.4) is 0 Å². The Kier molecular flexibility index (Phi) is 8.05. The molecule has 0 aliphatic rings. The fourth-order valence-electron chi connectivity index (χ4n) is 1.76. The third kappa shape index (κ3) is 6.87. The van der Waals surface area contributed by atoms with Gasteiger partial charge in [0.25, 0.3) is 5.91 Å². The summed E-state index contributed by atoms with van der Waals surface area (Å²) >= 11 is 5.88. The molecule has 1 aromatic carbocycles. The number of esters is 1. The molecular formula is C16H21ClN2O5. The summed E-state index contributed by atoms with van der Waals surface area (Å²) in [6.45, 7) is 3.16. The number of urea groups is 1. The number of carbonyl (C=O) groups is 3. The third-order valence-corrected chi connectivity index (χ3v) is 3.42. The van der Waals surface area contributed by atoms with Gasteiger partial charge in [-0.25, -0.2) is 4.79 Å². The molecule has 7 nitrogen and oxygen atoms in total. The number of hydrogen-bond donors (Lipinski definition) is 2. The number of amides is 3. The lowest BCUT2D eigenvalue weighted by atomic mass is 10.1. The highest BCUT2D eigenvalue weighted by atomic mass is 35.5. The first-order valence-corrected chi connectivity index (χ1v) is 7.81. The van der Waals surface area contributed by atoms with Crippen molar-refractivity contribution in [1.29, 1.82) is 0 Å². The Balaban J connectivity index is 2.45. The van der Waals surface area contributed by atoms with Gasteiger partial charge in [-0.3, -0.25) is 14.9 Å². The highest BCUT2D eigenvalue weighted by Crippen LogP contribution is 2.23. The first-order chi connectivity index (χ1) is 11.3. The second kappa shape index (κ2) is 9.77. The van der Waals surface area contributed by atoms with Crippen LogP contribution < -0.4 is 15.4 Å². The van der Waals surface area contributed by atoms with Crippen LogP contribution in [0.5, 0.6) is 5.75 Å². The molecule has 0 aliphatic carbocycles. The van der Waals surface area contributed by atoms with Gasteiger partial charge in [0, 0.05) is 16.6 Å². The number of halogens is 1. The lowest BCUT2D eigenvalue weighted by Gasteiger charge is -2.12. The molecule has 8 heteroatoms. The molecule has 1 atom stereocenters. The lowest BCUT2D eigenvalue weighted by Crippen LogP contribution is -2.44. The van der Waals surface area contributed by atoms with E-state index in [2.05, 4.69) is 10.6 Å². The Bertz CT molecular complexity index is 606. The van der Waals surface area contributed by atoms with Crippen LogP contribution >= 0.6 is 11.6 Å². The number of carbonyl (C=O) groups excluding carboxylic acids is 3. The Morgan fingerprint density at radius 3 is 2.62 bits per heavy atom. The first kappa shape index (κ1) is 19.8. The summed E-state index contributed by atoms with van der Waals surface area (Å²) in [5.74, 6) is -0.844. The molecule has 0 fully saturated rings. The summed E-state index contributed by atoms with van der Waals surface area (Å²) in [4.78, 5) is 34.8. The van der Waals surface area contributed by atoms with Crippen molar-refractivity contribution in [3.63, 3.8) is 0 Å². The standard InChI is InChI=1S/C16H21ClN2O5/c1-4-10(2)18-16(22)19-14(20)9-24-15(21)8-11-7-12(17)5-6-13(11)23-3/h5-7,10H,4,8-9H2,1-3H3,(H2,18,19,20,22)/t10-/m0/s1. The van der Waals surface area contributed by atoms with E-state index in [9.17, 15) is 14.4 Å². The second-order valence-corrected chi connectivity index (χ2v) is 5.56. The number of nitrogens with one attached hydrogen (secondary N) is 2. The van der Waals surface area contributed by atoms with Crippen molar-refractivity contribution in [3.8, 4) is 5.75 Å². The maximum absolute atomic E-state index is 11.8. The monoisotopic (exact) mass is 356 g/mol. The van der Waals surface area contributed by atoms with Crippen LogP contribution in [0.15, 0.2) is 18.2 Å². The van der Waals surface area contributed by atoms with Gasteiger partial charge in [-0.05, 0) is 31.5 Å². The summed E-state index contributed by atoms with van der Waals surface area (Å²) < 4.78 is 9.98. The van der Waals surface area contributed by atoms with Crippen LogP contribution in [-0.2, 0) is 20.7 Å². The van der Waals surface area contributed by atoms with Gasteiger partial charge in [0.1, 0.15) is 5.75 Å². The maximum Gasteiger partial charge on any atom is 0.321 e. The number of ether oxygens (including phenoxy) is 2. The van der Waals surface area contributed by atoms with E-state index in [0.717, 1.165) is 6.42 Å². The van der Waals surface area contributed by atoms with Crippen molar-refractivity contribution in [2.75, 3.05) is 13.7 Å². The highest BCUT2D eigenvalue weighted by molar-refractivity contribution is 6.30. The minimum Gasteiger partial charge on any atom is -0.496 e. The zero-order chi connectivity index (χ0) is 18.1. The fourth-order valence-corrected chi connectivity index (χ4v) is 1.96. The molecule has 0 spiro atoms. The summed E-state index contributed by atoms with van der Waals surface area (Å²) in [5, 5.41) is 5.11. The Labute approximate surface area is 145 Å². The van der Waals surface area contributed by atoms with Crippen molar-refractivity contribution < 1.29 is 23.9 Å². The minimum atomic E-state index is -0.706. The van der Waals surface area contributed by atoms with E-state index < -0.39 is 24.5 Å². The lowest BCUT2D eigenvalue weighted by molar-refractivity contribution is -0.147. The zero-order valence-electron chi connectivity index (χ0n) is 13.8. The molecule has 0 bridgehead atoms. The van der Waals surface area contributed by atoms with E-state index in [-0.39, 0.29) is 12.5 Å². The predicted octanol–water partition coefficient (Wildman–Crippen LogP) is 2.06. The topological polar surface area (TPSA) is 93.7 Å². The normalized spacial score (nSPS) is 11.3. The Hall–Kier alpha value is -2.28. The average molecular weight is 357 g/mol. The fraction of sp³-hybridized carbons (Fsp3) is 0.438. The van der Waals surface area contributed by atoms with Gasteiger partial charge in [-0.1, -0.05) is 18.5 Å². The average Bonchev–Trinajstić information content (AvgIpc) is 2.53. The van der Waals surface area contributed by atoms with E-state index in [0.29, 0.717) is 16.3 Å². The molecule has 3 amide bonds. The molecule has 0 saturated heterocycles. The number of benzene rings is 1.